The van der Waals surface area contributed by atoms with Gasteiger partial charge in [-0.25, -0.2) is 4.39 Å². The molecule has 2 aromatic rings. The number of thiophene rings is 1. The summed E-state index contributed by atoms with van der Waals surface area (Å²) in [4.78, 5) is 0.905. The third kappa shape index (κ3) is 1.43. The molecule has 0 atom stereocenters. The van der Waals surface area contributed by atoms with Crippen molar-refractivity contribution in [2.75, 3.05) is 0 Å². The predicted molar refractivity (Wildman–Crippen MR) is 54.7 cm³/mol. The number of rotatable bonds is 1. The molecule has 2 rings (SSSR count). The van der Waals surface area contributed by atoms with Gasteiger partial charge in [-0.2, -0.15) is 0 Å². The van der Waals surface area contributed by atoms with Gasteiger partial charge < -0.3 is 5.73 Å². The summed E-state index contributed by atoms with van der Waals surface area (Å²) in [5, 5.41) is 1.54. The fraction of sp³-hybridized carbons (Fsp3) is 0.111. The molecule has 0 unspecified atom stereocenters. The van der Waals surface area contributed by atoms with Crippen LogP contribution in [0.5, 0.6) is 0 Å². The van der Waals surface area contributed by atoms with Gasteiger partial charge in [-0.3, -0.25) is 0 Å². The van der Waals surface area contributed by atoms with Crippen molar-refractivity contribution >= 4 is 33.0 Å². The third-order valence-corrected chi connectivity index (χ3v) is 3.56. The highest BCUT2D eigenvalue weighted by molar-refractivity contribution is 7.19. The fourth-order valence-corrected chi connectivity index (χ4v) is 2.63. The van der Waals surface area contributed by atoms with E-state index in [1.165, 1.54) is 23.5 Å². The smallest absolute Gasteiger partial charge is 0.124 e. The van der Waals surface area contributed by atoms with Crippen LogP contribution in [0, 0.1) is 5.82 Å². The summed E-state index contributed by atoms with van der Waals surface area (Å²) in [7, 11) is 0. The third-order valence-electron chi connectivity index (χ3n) is 1.84. The summed E-state index contributed by atoms with van der Waals surface area (Å²) in [6.07, 6.45) is 0. The summed E-state index contributed by atoms with van der Waals surface area (Å²) in [5.41, 5.74) is 5.48. The molecular weight excluding hydrogens is 209 g/mol. The van der Waals surface area contributed by atoms with E-state index in [1.54, 1.807) is 6.07 Å². The quantitative estimate of drug-likeness (QED) is 0.777. The summed E-state index contributed by atoms with van der Waals surface area (Å²) in [6, 6.07) is 4.56. The molecule has 0 aliphatic rings. The van der Waals surface area contributed by atoms with Crippen molar-refractivity contribution in [1.29, 1.82) is 0 Å². The highest BCUT2D eigenvalue weighted by Gasteiger charge is 2.08. The van der Waals surface area contributed by atoms with Gasteiger partial charge in [0.15, 0.2) is 0 Å². The molecule has 13 heavy (non-hydrogen) atoms. The van der Waals surface area contributed by atoms with Crippen LogP contribution in [0.1, 0.15) is 4.88 Å². The zero-order valence-corrected chi connectivity index (χ0v) is 8.25. The highest BCUT2D eigenvalue weighted by Crippen LogP contribution is 2.35. The molecule has 0 aliphatic carbocycles. The summed E-state index contributed by atoms with van der Waals surface area (Å²) in [5.74, 6) is -0.242. The number of benzene rings is 1. The van der Waals surface area contributed by atoms with E-state index in [1.807, 2.05) is 0 Å². The first kappa shape index (κ1) is 8.94. The molecule has 2 N–H and O–H groups in total. The minimum Gasteiger partial charge on any atom is -0.326 e. The fourth-order valence-electron chi connectivity index (χ4n) is 1.22. The molecule has 0 aliphatic heterocycles. The Morgan fingerprint density at radius 3 is 2.92 bits per heavy atom. The van der Waals surface area contributed by atoms with Crippen molar-refractivity contribution in [3.63, 3.8) is 0 Å². The summed E-state index contributed by atoms with van der Waals surface area (Å²) < 4.78 is 13.7. The summed E-state index contributed by atoms with van der Waals surface area (Å²) in [6.45, 7) is 0.403. The molecule has 1 nitrogen and oxygen atoms in total. The van der Waals surface area contributed by atoms with Gasteiger partial charge in [0.05, 0.1) is 5.02 Å². The Labute approximate surface area is 83.9 Å². The maximum atomic E-state index is 12.8. The monoisotopic (exact) mass is 215 g/mol. The number of fused-ring (bicyclic) bond motifs is 1. The SMILES string of the molecule is NCc1sc2cc(F)ccc2c1Cl. The van der Waals surface area contributed by atoms with Crippen LogP contribution in [0.25, 0.3) is 10.1 Å². The van der Waals surface area contributed by atoms with Crippen molar-refractivity contribution < 1.29 is 4.39 Å². The van der Waals surface area contributed by atoms with Crippen LogP contribution < -0.4 is 5.73 Å². The Morgan fingerprint density at radius 1 is 1.46 bits per heavy atom. The van der Waals surface area contributed by atoms with Crippen molar-refractivity contribution in [1.82, 2.24) is 0 Å². The Morgan fingerprint density at radius 2 is 2.23 bits per heavy atom. The van der Waals surface area contributed by atoms with Gasteiger partial charge in [0.1, 0.15) is 5.82 Å². The minimum atomic E-state index is -0.242. The second kappa shape index (κ2) is 3.25. The van der Waals surface area contributed by atoms with Gasteiger partial charge in [-0.1, -0.05) is 11.6 Å². The van der Waals surface area contributed by atoms with Gasteiger partial charge >= 0.3 is 0 Å². The van der Waals surface area contributed by atoms with E-state index in [2.05, 4.69) is 0 Å². The van der Waals surface area contributed by atoms with Gasteiger partial charge in [0, 0.05) is 21.5 Å². The molecule has 0 radical (unpaired) electrons. The van der Waals surface area contributed by atoms with Gasteiger partial charge in [0.25, 0.3) is 0 Å². The van der Waals surface area contributed by atoms with Crippen LogP contribution in [0.4, 0.5) is 4.39 Å². The van der Waals surface area contributed by atoms with Gasteiger partial charge in [0.2, 0.25) is 0 Å². The molecule has 0 spiro atoms. The van der Waals surface area contributed by atoms with Crippen molar-refractivity contribution in [2.24, 2.45) is 5.73 Å². The zero-order valence-electron chi connectivity index (χ0n) is 6.68. The molecule has 0 bridgehead atoms. The van der Waals surface area contributed by atoms with Crippen LogP contribution in [0.15, 0.2) is 18.2 Å². The molecule has 0 fully saturated rings. The average molecular weight is 216 g/mol. The van der Waals surface area contributed by atoms with Gasteiger partial charge in [-0.15, -0.1) is 11.3 Å². The molecule has 0 saturated carbocycles. The minimum absolute atomic E-state index is 0.242. The maximum absolute atomic E-state index is 12.8. The lowest BCUT2D eigenvalue weighted by molar-refractivity contribution is 0.630. The number of hydrogen-bond donors (Lipinski definition) is 1. The number of nitrogens with two attached hydrogens (primary N) is 1. The predicted octanol–water partition coefficient (Wildman–Crippen LogP) is 3.15. The second-order valence-electron chi connectivity index (χ2n) is 2.68. The molecule has 68 valence electrons. The molecule has 1 aromatic carbocycles. The topological polar surface area (TPSA) is 26.0 Å². The van der Waals surface area contributed by atoms with E-state index in [9.17, 15) is 4.39 Å². The first-order valence-electron chi connectivity index (χ1n) is 3.79. The molecule has 1 heterocycles. The van der Waals surface area contributed by atoms with E-state index >= 15 is 0 Å². The highest BCUT2D eigenvalue weighted by atomic mass is 35.5. The van der Waals surface area contributed by atoms with Crippen LogP contribution in [0.2, 0.25) is 5.02 Å². The van der Waals surface area contributed by atoms with Crippen molar-refractivity contribution in [3.8, 4) is 0 Å². The van der Waals surface area contributed by atoms with E-state index in [4.69, 9.17) is 17.3 Å². The van der Waals surface area contributed by atoms with E-state index in [0.717, 1.165) is 15.0 Å². The maximum Gasteiger partial charge on any atom is 0.124 e. The average Bonchev–Trinajstić information content (AvgIpc) is 2.42. The lowest BCUT2D eigenvalue weighted by atomic mass is 10.2. The van der Waals surface area contributed by atoms with Crippen LogP contribution in [-0.2, 0) is 6.54 Å². The second-order valence-corrected chi connectivity index (χ2v) is 4.20. The van der Waals surface area contributed by atoms with E-state index in [0.29, 0.717) is 11.6 Å². The molecule has 0 amide bonds. The number of halogens is 2. The lowest BCUT2D eigenvalue weighted by Gasteiger charge is -1.90. The normalized spacial score (nSPS) is 11.0. The largest absolute Gasteiger partial charge is 0.326 e. The Bertz CT molecular complexity index is 452. The summed E-state index contributed by atoms with van der Waals surface area (Å²) >= 11 is 7.46. The first-order valence-corrected chi connectivity index (χ1v) is 4.98. The lowest BCUT2D eigenvalue weighted by Crippen LogP contribution is -1.92. The first-order chi connectivity index (χ1) is 6.22. The van der Waals surface area contributed by atoms with Crippen molar-refractivity contribution in [3.05, 3.63) is 33.9 Å². The molecule has 4 heteroatoms. The van der Waals surface area contributed by atoms with E-state index in [-0.39, 0.29) is 5.82 Å². The van der Waals surface area contributed by atoms with E-state index < -0.39 is 0 Å². The molecule has 0 saturated heterocycles. The number of hydrogen-bond acceptors (Lipinski definition) is 2. The zero-order chi connectivity index (χ0) is 9.42. The van der Waals surface area contributed by atoms with Crippen molar-refractivity contribution in [2.45, 2.75) is 6.54 Å². The standard InChI is InChI=1S/C9H7ClFNS/c10-9-6-2-1-5(11)3-7(6)13-8(9)4-12/h1-3H,4,12H2. The Hall–Kier alpha value is -0.640. The van der Waals surface area contributed by atoms with Crippen LogP contribution in [-0.4, -0.2) is 0 Å². The van der Waals surface area contributed by atoms with Crippen LogP contribution in [0.3, 0.4) is 0 Å². The van der Waals surface area contributed by atoms with Gasteiger partial charge in [-0.05, 0) is 18.2 Å². The Balaban J connectivity index is 2.76. The Kier molecular flexibility index (Phi) is 2.24. The molecule has 1 aromatic heterocycles. The van der Waals surface area contributed by atoms with Crippen LogP contribution >= 0.6 is 22.9 Å². The molecular formula is C9H7ClFNS.